The van der Waals surface area contributed by atoms with Crippen molar-refractivity contribution in [2.45, 2.75) is 288 Å². The number of ether oxygens (including phenoxy) is 2. The Morgan fingerprint density at radius 3 is 1.38 bits per heavy atom. The van der Waals surface area contributed by atoms with Crippen LogP contribution in [0.2, 0.25) is 0 Å². The zero-order chi connectivity index (χ0) is 47.6. The molecule has 1 rings (SSSR count). The zero-order valence-electron chi connectivity index (χ0n) is 41.3. The molecule has 1 amide bonds. The molecule has 1 aliphatic rings. The molecule has 0 aromatic carbocycles. The Hall–Kier alpha value is -1.42. The molecule has 0 aromatic heterocycles. The quantitative estimate of drug-likeness (QED) is 0.0193. The molecule has 7 unspecified atom stereocenters. The molecule has 6 N–H and O–H groups in total. The molecule has 1 aliphatic heterocycles. The molecule has 1 saturated heterocycles. The molecule has 384 valence electrons. The number of aliphatic hydroxyl groups is 4. The van der Waals surface area contributed by atoms with Crippen LogP contribution in [0.15, 0.2) is 24.3 Å². The van der Waals surface area contributed by atoms with Gasteiger partial charge in [0.1, 0.15) is 24.4 Å². The standard InChI is InChI=1S/C52H99NO11S/c1-3-5-7-9-11-13-15-17-19-21-23-24-25-27-29-31-33-35-37-39-41-46(55)45(44-62-52-50(58)51(64-65(59,60)61)49(57)47(43-54)63-52)53-48(56)42-40-38-36-34-32-30-28-26-22-20-18-16-14-12-10-8-6-4-2/h26,28,39,41,45-47,49-52,54-55,57-58H,3-25,27,29-38,40,42-44H2,1-2H3,(H,53,56)(H,59,60,61)/b28-26-,41-39+. The molecule has 12 nitrogen and oxygen atoms in total. The number of hydrogen-bond acceptors (Lipinski definition) is 10. The first-order valence-corrected chi connectivity index (χ1v) is 28.1. The Bertz CT molecular complexity index is 1250. The van der Waals surface area contributed by atoms with Gasteiger partial charge in [-0.2, -0.15) is 8.42 Å². The van der Waals surface area contributed by atoms with Crippen molar-refractivity contribution >= 4 is 16.3 Å². The average Bonchev–Trinajstić information content (AvgIpc) is 3.28. The van der Waals surface area contributed by atoms with Crippen molar-refractivity contribution in [1.29, 1.82) is 0 Å². The van der Waals surface area contributed by atoms with Crippen molar-refractivity contribution in [3.8, 4) is 0 Å². The van der Waals surface area contributed by atoms with Gasteiger partial charge in [-0.3, -0.25) is 9.35 Å². The molecule has 1 fully saturated rings. The van der Waals surface area contributed by atoms with E-state index in [0.29, 0.717) is 6.42 Å². The van der Waals surface area contributed by atoms with E-state index in [4.69, 9.17) is 9.47 Å². The van der Waals surface area contributed by atoms with Gasteiger partial charge >= 0.3 is 10.4 Å². The lowest BCUT2D eigenvalue weighted by atomic mass is 9.99. The summed E-state index contributed by atoms with van der Waals surface area (Å²) in [4.78, 5) is 13.1. The van der Waals surface area contributed by atoms with Gasteiger partial charge in [0.05, 0.1) is 25.4 Å². The summed E-state index contributed by atoms with van der Waals surface area (Å²) in [6.45, 7) is 3.41. The highest BCUT2D eigenvalue weighted by molar-refractivity contribution is 7.80. The number of carbonyl (C=O) groups is 1. The lowest BCUT2D eigenvalue weighted by molar-refractivity contribution is -0.298. The summed E-state index contributed by atoms with van der Waals surface area (Å²) in [7, 11) is -5.09. The monoisotopic (exact) mass is 946 g/mol. The number of unbranched alkanes of at least 4 members (excludes halogenated alkanes) is 32. The van der Waals surface area contributed by atoms with E-state index in [9.17, 15) is 38.2 Å². The van der Waals surface area contributed by atoms with Gasteiger partial charge in [0.15, 0.2) is 6.29 Å². The first kappa shape index (κ1) is 61.6. The fraction of sp³-hybridized carbons (Fsp3) is 0.904. The van der Waals surface area contributed by atoms with Gasteiger partial charge in [0, 0.05) is 6.42 Å². The fourth-order valence-electron chi connectivity index (χ4n) is 8.57. The Kier molecular flexibility index (Phi) is 40.4. The van der Waals surface area contributed by atoms with Crippen LogP contribution in [0.1, 0.15) is 245 Å². The summed E-state index contributed by atoms with van der Waals surface area (Å²) >= 11 is 0. The Labute approximate surface area is 397 Å². The van der Waals surface area contributed by atoms with Crippen molar-refractivity contribution in [3.63, 3.8) is 0 Å². The van der Waals surface area contributed by atoms with E-state index in [0.717, 1.165) is 57.8 Å². The van der Waals surface area contributed by atoms with E-state index >= 15 is 0 Å². The van der Waals surface area contributed by atoms with Gasteiger partial charge in [0.25, 0.3) is 0 Å². The van der Waals surface area contributed by atoms with Crippen LogP contribution in [0.5, 0.6) is 0 Å². The van der Waals surface area contributed by atoms with E-state index in [1.165, 1.54) is 161 Å². The third-order valence-electron chi connectivity index (χ3n) is 12.7. The van der Waals surface area contributed by atoms with Crippen molar-refractivity contribution < 1.29 is 51.8 Å². The Balaban J connectivity index is 2.45. The van der Waals surface area contributed by atoms with Gasteiger partial charge in [-0.25, -0.2) is 4.18 Å². The minimum absolute atomic E-state index is 0.260. The fourth-order valence-corrected chi connectivity index (χ4v) is 9.08. The average molecular weight is 946 g/mol. The van der Waals surface area contributed by atoms with E-state index in [1.807, 2.05) is 6.08 Å². The van der Waals surface area contributed by atoms with Gasteiger partial charge in [-0.15, -0.1) is 0 Å². The first-order valence-electron chi connectivity index (χ1n) is 26.7. The molecule has 7 atom stereocenters. The SMILES string of the molecule is CCCCCCCCCCC/C=C\CCCCCCCC(=O)NC(COC1OC(CO)C(O)C(OS(=O)(=O)O)C1O)C(O)/C=C/CCCCCCCCCCCCCCCCCCCC. The molecular formula is C52H99NO11S. The van der Waals surface area contributed by atoms with Crippen LogP contribution < -0.4 is 5.32 Å². The molecular weight excluding hydrogens is 847 g/mol. The van der Waals surface area contributed by atoms with E-state index < -0.39 is 59.9 Å². The predicted molar refractivity (Wildman–Crippen MR) is 264 cm³/mol. The highest BCUT2D eigenvalue weighted by Gasteiger charge is 2.48. The Morgan fingerprint density at radius 2 is 0.985 bits per heavy atom. The maximum absolute atomic E-state index is 13.1. The normalized spacial score (nSPS) is 20.3. The second-order valence-corrected chi connectivity index (χ2v) is 19.9. The second-order valence-electron chi connectivity index (χ2n) is 18.8. The molecule has 13 heteroatoms. The summed E-state index contributed by atoms with van der Waals surface area (Å²) < 4.78 is 47.7. The number of aliphatic hydroxyl groups excluding tert-OH is 4. The summed E-state index contributed by atoms with van der Waals surface area (Å²) in [5.41, 5.74) is 0. The molecule has 0 radical (unpaired) electrons. The van der Waals surface area contributed by atoms with Crippen molar-refractivity contribution in [2.24, 2.45) is 0 Å². The summed E-state index contributed by atoms with van der Waals surface area (Å²) in [5, 5.41) is 44.9. The van der Waals surface area contributed by atoms with Crippen LogP contribution in [0.25, 0.3) is 0 Å². The number of amides is 1. The molecule has 1 heterocycles. The predicted octanol–water partition coefficient (Wildman–Crippen LogP) is 11.7. The van der Waals surface area contributed by atoms with Crippen LogP contribution in [-0.4, -0.2) is 95.4 Å². The highest BCUT2D eigenvalue weighted by Crippen LogP contribution is 2.26. The molecule has 0 saturated carbocycles. The number of allylic oxidation sites excluding steroid dienone is 3. The molecule has 0 bridgehead atoms. The topological polar surface area (TPSA) is 192 Å². The number of rotatable bonds is 46. The Morgan fingerprint density at radius 1 is 0.600 bits per heavy atom. The molecule has 65 heavy (non-hydrogen) atoms. The van der Waals surface area contributed by atoms with Crippen molar-refractivity contribution in [2.75, 3.05) is 13.2 Å². The molecule has 0 aliphatic carbocycles. The van der Waals surface area contributed by atoms with Crippen molar-refractivity contribution in [1.82, 2.24) is 5.32 Å². The number of hydrogen-bond donors (Lipinski definition) is 6. The van der Waals surface area contributed by atoms with Crippen LogP contribution in [0.3, 0.4) is 0 Å². The summed E-state index contributed by atoms with van der Waals surface area (Å²) in [5.74, 6) is -0.268. The van der Waals surface area contributed by atoms with Gasteiger partial charge in [-0.1, -0.05) is 218 Å². The lowest BCUT2D eigenvalue weighted by Crippen LogP contribution is -2.61. The number of nitrogens with one attached hydrogen (secondary N) is 1. The third kappa shape index (κ3) is 35.4. The van der Waals surface area contributed by atoms with Crippen LogP contribution >= 0.6 is 0 Å². The van der Waals surface area contributed by atoms with E-state index in [2.05, 4.69) is 35.5 Å². The summed E-state index contributed by atoms with van der Waals surface area (Å²) in [6.07, 6.45) is 42.1. The van der Waals surface area contributed by atoms with E-state index in [-0.39, 0.29) is 18.9 Å². The van der Waals surface area contributed by atoms with Gasteiger partial charge in [-0.05, 0) is 44.9 Å². The zero-order valence-corrected chi connectivity index (χ0v) is 42.1. The summed E-state index contributed by atoms with van der Waals surface area (Å²) in [6, 6.07) is -0.947. The van der Waals surface area contributed by atoms with Crippen LogP contribution in [0.4, 0.5) is 0 Å². The largest absolute Gasteiger partial charge is 0.397 e. The van der Waals surface area contributed by atoms with Crippen LogP contribution in [-0.2, 0) is 28.9 Å². The van der Waals surface area contributed by atoms with Crippen LogP contribution in [0, 0.1) is 0 Å². The highest BCUT2D eigenvalue weighted by atomic mass is 32.3. The van der Waals surface area contributed by atoms with Gasteiger partial charge in [0.2, 0.25) is 5.91 Å². The molecule has 0 aromatic rings. The third-order valence-corrected chi connectivity index (χ3v) is 13.2. The van der Waals surface area contributed by atoms with Crippen molar-refractivity contribution in [3.05, 3.63) is 24.3 Å². The maximum Gasteiger partial charge on any atom is 0.397 e. The van der Waals surface area contributed by atoms with E-state index in [1.54, 1.807) is 6.08 Å². The smallest absolute Gasteiger partial charge is 0.394 e. The second kappa shape index (κ2) is 42.7. The minimum atomic E-state index is -5.09. The van der Waals surface area contributed by atoms with Gasteiger partial charge < -0.3 is 35.2 Å². The number of carbonyl (C=O) groups excluding carboxylic acids is 1. The maximum atomic E-state index is 13.1. The molecule has 0 spiro atoms. The first-order chi connectivity index (χ1) is 31.5. The lowest BCUT2D eigenvalue weighted by Gasteiger charge is -2.41. The minimum Gasteiger partial charge on any atom is -0.394 e.